The number of para-hydroxylation sites is 1. The number of ether oxygens (including phenoxy) is 1. The van der Waals surface area contributed by atoms with Gasteiger partial charge in [-0.25, -0.2) is 0 Å². The second kappa shape index (κ2) is 10.4. The summed E-state index contributed by atoms with van der Waals surface area (Å²) in [6, 6.07) is 13.9. The van der Waals surface area contributed by atoms with Crippen LogP contribution in [0, 0.1) is 0 Å². The van der Waals surface area contributed by atoms with Gasteiger partial charge in [0.25, 0.3) is 5.91 Å². The molecule has 0 aliphatic carbocycles. The van der Waals surface area contributed by atoms with Gasteiger partial charge in [0, 0.05) is 24.2 Å². The summed E-state index contributed by atoms with van der Waals surface area (Å²) in [5.74, 6) is 0.172. The van der Waals surface area contributed by atoms with Crippen molar-refractivity contribution in [1.29, 1.82) is 0 Å². The van der Waals surface area contributed by atoms with Crippen LogP contribution in [-0.2, 0) is 4.79 Å². The quantitative estimate of drug-likeness (QED) is 0.689. The maximum atomic E-state index is 12.6. The fraction of sp³-hybridized carbons (Fsp3) is 0.263. The second-order valence-corrected chi connectivity index (χ2v) is 5.80. The molecule has 0 radical (unpaired) electrons. The number of rotatable bonds is 7. The van der Waals surface area contributed by atoms with E-state index in [1.807, 2.05) is 6.92 Å². The summed E-state index contributed by atoms with van der Waals surface area (Å²) in [5.41, 5.74) is 7.14. The summed E-state index contributed by atoms with van der Waals surface area (Å²) in [6.07, 6.45) is 0.896. The topological polar surface area (TPSA) is 93.5 Å². The minimum absolute atomic E-state index is 0. The number of carbonyl (C=O) groups excluding carboxylic acids is 2. The summed E-state index contributed by atoms with van der Waals surface area (Å²) < 4.78 is 5.15. The number of amides is 2. The molecule has 1 unspecified atom stereocenters. The highest BCUT2D eigenvalue weighted by Gasteiger charge is 2.14. The molecule has 140 valence electrons. The van der Waals surface area contributed by atoms with Gasteiger partial charge in [-0.1, -0.05) is 18.2 Å². The van der Waals surface area contributed by atoms with Crippen LogP contribution in [0.5, 0.6) is 5.75 Å². The number of carbonyl (C=O) groups is 2. The molecule has 0 aliphatic rings. The lowest BCUT2D eigenvalue weighted by Gasteiger charge is -2.12. The van der Waals surface area contributed by atoms with Crippen molar-refractivity contribution in [3.8, 4) is 5.75 Å². The van der Waals surface area contributed by atoms with E-state index in [2.05, 4.69) is 10.6 Å². The lowest BCUT2D eigenvalue weighted by atomic mass is 10.1. The Balaban J connectivity index is 0.00000338. The predicted octanol–water partition coefficient (Wildman–Crippen LogP) is 3.44. The van der Waals surface area contributed by atoms with Crippen molar-refractivity contribution >= 4 is 35.6 Å². The van der Waals surface area contributed by atoms with Gasteiger partial charge < -0.3 is 21.1 Å². The molecule has 4 N–H and O–H groups in total. The summed E-state index contributed by atoms with van der Waals surface area (Å²) >= 11 is 0. The van der Waals surface area contributed by atoms with Crippen LogP contribution in [0.4, 0.5) is 11.4 Å². The van der Waals surface area contributed by atoms with Gasteiger partial charge in [-0.3, -0.25) is 9.59 Å². The molecular formula is C19H24ClN3O3. The van der Waals surface area contributed by atoms with Crippen molar-refractivity contribution < 1.29 is 14.3 Å². The first kappa shape index (κ1) is 21.5. The first-order valence-corrected chi connectivity index (χ1v) is 8.09. The van der Waals surface area contributed by atoms with Crippen molar-refractivity contribution in [2.45, 2.75) is 25.8 Å². The number of nitrogens with two attached hydrogens (primary N) is 1. The van der Waals surface area contributed by atoms with E-state index in [0.717, 1.165) is 0 Å². The molecule has 0 saturated carbocycles. The summed E-state index contributed by atoms with van der Waals surface area (Å²) in [4.78, 5) is 24.6. The van der Waals surface area contributed by atoms with Crippen molar-refractivity contribution in [2.24, 2.45) is 5.73 Å². The Bertz CT molecular complexity index is 750. The fourth-order valence-corrected chi connectivity index (χ4v) is 2.26. The number of nitrogens with one attached hydrogen (secondary N) is 2. The first-order chi connectivity index (χ1) is 12.0. The monoisotopic (exact) mass is 377 g/mol. The molecule has 2 amide bonds. The molecule has 2 aromatic rings. The van der Waals surface area contributed by atoms with Crippen LogP contribution >= 0.6 is 12.4 Å². The molecule has 26 heavy (non-hydrogen) atoms. The van der Waals surface area contributed by atoms with Crippen LogP contribution in [0.25, 0.3) is 0 Å². The molecule has 0 spiro atoms. The van der Waals surface area contributed by atoms with Gasteiger partial charge in [-0.15, -0.1) is 12.4 Å². The van der Waals surface area contributed by atoms with Crippen LogP contribution in [0.3, 0.4) is 0 Å². The zero-order valence-electron chi connectivity index (χ0n) is 14.8. The zero-order chi connectivity index (χ0) is 18.2. The van der Waals surface area contributed by atoms with Gasteiger partial charge in [0.2, 0.25) is 5.91 Å². The van der Waals surface area contributed by atoms with Crippen LogP contribution in [0.15, 0.2) is 48.5 Å². The Morgan fingerprint density at radius 3 is 2.54 bits per heavy atom. The summed E-state index contributed by atoms with van der Waals surface area (Å²) in [5, 5.41) is 5.58. The van der Waals surface area contributed by atoms with Gasteiger partial charge >= 0.3 is 0 Å². The Kier molecular flexibility index (Phi) is 8.61. The molecule has 0 aliphatic heterocycles. The number of hydrogen-bond donors (Lipinski definition) is 3. The smallest absolute Gasteiger partial charge is 0.257 e. The average molecular weight is 378 g/mol. The van der Waals surface area contributed by atoms with E-state index in [4.69, 9.17) is 10.5 Å². The van der Waals surface area contributed by atoms with E-state index in [1.54, 1.807) is 55.6 Å². The highest BCUT2D eigenvalue weighted by atomic mass is 35.5. The lowest BCUT2D eigenvalue weighted by Crippen LogP contribution is -2.21. The number of anilines is 2. The van der Waals surface area contributed by atoms with Crippen molar-refractivity contribution in [3.63, 3.8) is 0 Å². The van der Waals surface area contributed by atoms with Crippen molar-refractivity contribution in [2.75, 3.05) is 17.7 Å². The first-order valence-electron chi connectivity index (χ1n) is 8.09. The third-order valence-corrected chi connectivity index (χ3v) is 3.60. The fourth-order valence-electron chi connectivity index (χ4n) is 2.26. The Labute approximate surface area is 159 Å². The number of halogens is 1. The number of methoxy groups -OCH3 is 1. The van der Waals surface area contributed by atoms with Crippen LogP contribution in [0.2, 0.25) is 0 Å². The molecule has 0 saturated heterocycles. The molecule has 1 atom stereocenters. The molecule has 7 heteroatoms. The maximum absolute atomic E-state index is 12.6. The molecule has 2 rings (SSSR count). The minimum Gasteiger partial charge on any atom is -0.497 e. The minimum atomic E-state index is -0.309. The van der Waals surface area contributed by atoms with Gasteiger partial charge in [-0.2, -0.15) is 0 Å². The summed E-state index contributed by atoms with van der Waals surface area (Å²) in [6.45, 7) is 1.85. The van der Waals surface area contributed by atoms with Gasteiger partial charge in [0.15, 0.2) is 0 Å². The van der Waals surface area contributed by atoms with E-state index in [0.29, 0.717) is 35.5 Å². The van der Waals surface area contributed by atoms with E-state index in [9.17, 15) is 9.59 Å². The lowest BCUT2D eigenvalue weighted by molar-refractivity contribution is -0.116. The van der Waals surface area contributed by atoms with Crippen LogP contribution < -0.4 is 21.1 Å². The normalized spacial score (nSPS) is 11.0. The van der Waals surface area contributed by atoms with Crippen LogP contribution in [0.1, 0.15) is 30.1 Å². The van der Waals surface area contributed by atoms with Gasteiger partial charge in [0.05, 0.1) is 18.4 Å². The van der Waals surface area contributed by atoms with E-state index in [1.165, 1.54) is 0 Å². The molecule has 0 fully saturated rings. The van der Waals surface area contributed by atoms with E-state index < -0.39 is 0 Å². The van der Waals surface area contributed by atoms with Gasteiger partial charge in [-0.05, 0) is 37.6 Å². The Morgan fingerprint density at radius 2 is 1.85 bits per heavy atom. The molecule has 0 bridgehead atoms. The highest BCUT2D eigenvalue weighted by molar-refractivity contribution is 6.10. The molecular weight excluding hydrogens is 354 g/mol. The maximum Gasteiger partial charge on any atom is 0.257 e. The molecule has 0 aromatic heterocycles. The Hall–Kier alpha value is -2.57. The standard InChI is InChI=1S/C19H23N3O3.ClH/c1-13(20)10-11-18(23)22-17-9-4-3-8-16(17)19(24)21-14-6-5-7-15(12-14)25-2;/h3-9,12-13H,10-11,20H2,1-2H3,(H,21,24)(H,22,23);1H. The van der Waals surface area contributed by atoms with Gasteiger partial charge in [0.1, 0.15) is 5.75 Å². The number of benzene rings is 2. The summed E-state index contributed by atoms with van der Waals surface area (Å²) in [7, 11) is 1.56. The average Bonchev–Trinajstić information content (AvgIpc) is 2.60. The largest absolute Gasteiger partial charge is 0.497 e. The van der Waals surface area contributed by atoms with Crippen LogP contribution in [-0.4, -0.2) is 25.0 Å². The van der Waals surface area contributed by atoms with E-state index >= 15 is 0 Å². The second-order valence-electron chi connectivity index (χ2n) is 5.80. The number of hydrogen-bond acceptors (Lipinski definition) is 4. The Morgan fingerprint density at radius 1 is 1.12 bits per heavy atom. The highest BCUT2D eigenvalue weighted by Crippen LogP contribution is 2.20. The third kappa shape index (κ3) is 6.38. The molecule has 0 heterocycles. The van der Waals surface area contributed by atoms with E-state index in [-0.39, 0.29) is 30.3 Å². The van der Waals surface area contributed by atoms with Crippen molar-refractivity contribution in [3.05, 3.63) is 54.1 Å². The SMILES string of the molecule is COc1cccc(NC(=O)c2ccccc2NC(=O)CCC(C)N)c1.Cl. The molecule has 6 nitrogen and oxygen atoms in total. The zero-order valence-corrected chi connectivity index (χ0v) is 15.6. The van der Waals surface area contributed by atoms with Crippen molar-refractivity contribution in [1.82, 2.24) is 0 Å². The predicted molar refractivity (Wildman–Crippen MR) is 106 cm³/mol. The third-order valence-electron chi connectivity index (χ3n) is 3.60. The molecule has 2 aromatic carbocycles.